The van der Waals surface area contributed by atoms with Gasteiger partial charge in [-0.1, -0.05) is 42.5 Å². The second kappa shape index (κ2) is 5.06. The van der Waals surface area contributed by atoms with Crippen LogP contribution in [0.4, 0.5) is 0 Å². The monoisotopic (exact) mass is 262 g/mol. The number of fused-ring (bicyclic) bond motifs is 1. The number of pyridine rings is 1. The van der Waals surface area contributed by atoms with E-state index >= 15 is 0 Å². The van der Waals surface area contributed by atoms with E-state index in [1.54, 1.807) is 0 Å². The molecule has 0 bridgehead atoms. The Bertz CT molecular complexity index is 757. The van der Waals surface area contributed by atoms with Gasteiger partial charge in [0, 0.05) is 11.6 Å². The van der Waals surface area contributed by atoms with Crippen LogP contribution in [-0.4, -0.2) is 4.98 Å². The second-order valence-electron chi connectivity index (χ2n) is 5.18. The molecule has 100 valence electrons. The van der Waals surface area contributed by atoms with Gasteiger partial charge in [-0.2, -0.15) is 0 Å². The summed E-state index contributed by atoms with van der Waals surface area (Å²) in [5.74, 6) is 0. The molecular formula is C18H18N2. The first-order valence-electron chi connectivity index (χ1n) is 6.84. The van der Waals surface area contributed by atoms with Crippen LogP contribution in [0.15, 0.2) is 54.7 Å². The number of hydrogen-bond acceptors (Lipinski definition) is 2. The van der Waals surface area contributed by atoms with Crippen molar-refractivity contribution in [2.45, 2.75) is 19.9 Å². The third-order valence-electron chi connectivity index (χ3n) is 3.98. The molecule has 0 saturated heterocycles. The van der Waals surface area contributed by atoms with Gasteiger partial charge in [-0.05, 0) is 42.0 Å². The van der Waals surface area contributed by atoms with E-state index < -0.39 is 0 Å². The number of nitrogens with two attached hydrogens (primary N) is 1. The van der Waals surface area contributed by atoms with Crippen LogP contribution in [0.3, 0.4) is 0 Å². The highest BCUT2D eigenvalue weighted by molar-refractivity contribution is 5.85. The van der Waals surface area contributed by atoms with Gasteiger partial charge in [0.2, 0.25) is 0 Å². The molecule has 0 aliphatic carbocycles. The minimum atomic E-state index is -0.194. The molecule has 3 aromatic rings. The van der Waals surface area contributed by atoms with Crippen molar-refractivity contribution in [1.82, 2.24) is 4.98 Å². The van der Waals surface area contributed by atoms with Crippen LogP contribution in [0.1, 0.15) is 28.4 Å². The van der Waals surface area contributed by atoms with Crippen molar-refractivity contribution < 1.29 is 0 Å². The fraction of sp³-hybridized carbons (Fsp3) is 0.167. The summed E-state index contributed by atoms with van der Waals surface area (Å²) in [6, 6.07) is 16.3. The maximum atomic E-state index is 6.49. The smallest absolute Gasteiger partial charge is 0.0735 e. The molecule has 1 atom stereocenters. The number of hydrogen-bond donors (Lipinski definition) is 1. The molecule has 2 heteroatoms. The first kappa shape index (κ1) is 12.8. The van der Waals surface area contributed by atoms with Crippen molar-refractivity contribution in [2.75, 3.05) is 0 Å². The Hall–Kier alpha value is -2.19. The minimum Gasteiger partial charge on any atom is -0.319 e. The van der Waals surface area contributed by atoms with Gasteiger partial charge in [-0.15, -0.1) is 0 Å². The third-order valence-corrected chi connectivity index (χ3v) is 3.98. The summed E-state index contributed by atoms with van der Waals surface area (Å²) in [5, 5.41) is 2.31. The molecule has 20 heavy (non-hydrogen) atoms. The van der Waals surface area contributed by atoms with Crippen molar-refractivity contribution in [1.29, 1.82) is 0 Å². The Morgan fingerprint density at radius 3 is 2.60 bits per heavy atom. The highest BCUT2D eigenvalue weighted by atomic mass is 14.8. The zero-order valence-electron chi connectivity index (χ0n) is 11.8. The largest absolute Gasteiger partial charge is 0.319 e. The van der Waals surface area contributed by atoms with E-state index in [9.17, 15) is 0 Å². The van der Waals surface area contributed by atoms with E-state index in [2.05, 4.69) is 49.2 Å². The maximum Gasteiger partial charge on any atom is 0.0735 e. The lowest BCUT2D eigenvalue weighted by Gasteiger charge is -2.17. The zero-order valence-corrected chi connectivity index (χ0v) is 11.8. The van der Waals surface area contributed by atoms with Crippen LogP contribution < -0.4 is 5.73 Å². The summed E-state index contributed by atoms with van der Waals surface area (Å²) in [6.45, 7) is 4.23. The van der Waals surface area contributed by atoms with E-state index in [1.807, 2.05) is 24.4 Å². The molecule has 3 rings (SSSR count). The molecular weight excluding hydrogens is 244 g/mol. The van der Waals surface area contributed by atoms with Gasteiger partial charge >= 0.3 is 0 Å². The van der Waals surface area contributed by atoms with Crippen molar-refractivity contribution >= 4 is 10.8 Å². The van der Waals surface area contributed by atoms with Crippen LogP contribution in [-0.2, 0) is 0 Å². The van der Waals surface area contributed by atoms with Gasteiger partial charge in [0.25, 0.3) is 0 Å². The molecule has 0 amide bonds. The van der Waals surface area contributed by atoms with Gasteiger partial charge in [0.05, 0.1) is 11.7 Å². The topological polar surface area (TPSA) is 38.9 Å². The SMILES string of the molecule is Cc1cccc(C(N)c2nccc3ccccc23)c1C. The molecule has 0 spiro atoms. The van der Waals surface area contributed by atoms with E-state index in [-0.39, 0.29) is 6.04 Å². The molecule has 0 saturated carbocycles. The Morgan fingerprint density at radius 2 is 1.75 bits per heavy atom. The molecule has 2 nitrogen and oxygen atoms in total. The van der Waals surface area contributed by atoms with E-state index in [0.29, 0.717) is 0 Å². The van der Waals surface area contributed by atoms with E-state index in [1.165, 1.54) is 16.5 Å². The van der Waals surface area contributed by atoms with Crippen molar-refractivity contribution in [2.24, 2.45) is 5.73 Å². The predicted molar refractivity (Wildman–Crippen MR) is 83.7 cm³/mol. The van der Waals surface area contributed by atoms with Gasteiger partial charge in [0.1, 0.15) is 0 Å². The summed E-state index contributed by atoms with van der Waals surface area (Å²) >= 11 is 0. The van der Waals surface area contributed by atoms with Crippen molar-refractivity contribution in [3.63, 3.8) is 0 Å². The van der Waals surface area contributed by atoms with Gasteiger partial charge < -0.3 is 5.73 Å². The number of nitrogens with zero attached hydrogens (tertiary/aromatic N) is 1. The van der Waals surface area contributed by atoms with Crippen LogP contribution in [0.2, 0.25) is 0 Å². The first-order valence-corrected chi connectivity index (χ1v) is 6.84. The molecule has 1 aromatic heterocycles. The highest BCUT2D eigenvalue weighted by Crippen LogP contribution is 2.28. The lowest BCUT2D eigenvalue weighted by atomic mass is 9.94. The van der Waals surface area contributed by atoms with E-state index in [0.717, 1.165) is 16.6 Å². The second-order valence-corrected chi connectivity index (χ2v) is 5.18. The average molecular weight is 262 g/mol. The molecule has 2 aromatic carbocycles. The van der Waals surface area contributed by atoms with Crippen molar-refractivity contribution in [3.8, 4) is 0 Å². The summed E-state index contributed by atoms with van der Waals surface area (Å²) in [4.78, 5) is 4.53. The summed E-state index contributed by atoms with van der Waals surface area (Å²) in [5.41, 5.74) is 11.1. The predicted octanol–water partition coefficient (Wildman–Crippen LogP) is 3.90. The molecule has 0 aliphatic rings. The zero-order chi connectivity index (χ0) is 14.1. The normalized spacial score (nSPS) is 12.6. The Balaban J connectivity index is 2.18. The summed E-state index contributed by atoms with van der Waals surface area (Å²) in [6.07, 6.45) is 1.84. The fourth-order valence-corrected chi connectivity index (χ4v) is 2.65. The molecule has 0 radical (unpaired) electrons. The molecule has 2 N–H and O–H groups in total. The number of rotatable bonds is 2. The minimum absolute atomic E-state index is 0.194. The van der Waals surface area contributed by atoms with Crippen LogP contribution in [0.5, 0.6) is 0 Å². The Morgan fingerprint density at radius 1 is 0.950 bits per heavy atom. The van der Waals surface area contributed by atoms with Gasteiger partial charge in [-0.25, -0.2) is 0 Å². The first-order chi connectivity index (χ1) is 9.68. The molecule has 0 aliphatic heterocycles. The Kier molecular flexibility index (Phi) is 3.25. The maximum absolute atomic E-state index is 6.49. The quantitative estimate of drug-likeness (QED) is 0.760. The number of aromatic nitrogens is 1. The highest BCUT2D eigenvalue weighted by Gasteiger charge is 2.16. The number of benzene rings is 2. The third kappa shape index (κ3) is 2.08. The number of aryl methyl sites for hydroxylation is 1. The lowest BCUT2D eigenvalue weighted by molar-refractivity contribution is 0.830. The molecule has 0 fully saturated rings. The van der Waals surface area contributed by atoms with Crippen LogP contribution in [0.25, 0.3) is 10.8 Å². The van der Waals surface area contributed by atoms with E-state index in [4.69, 9.17) is 5.73 Å². The summed E-state index contributed by atoms with van der Waals surface area (Å²) < 4.78 is 0. The van der Waals surface area contributed by atoms with Crippen LogP contribution in [0, 0.1) is 13.8 Å². The fourth-order valence-electron chi connectivity index (χ4n) is 2.65. The van der Waals surface area contributed by atoms with Crippen molar-refractivity contribution in [3.05, 3.63) is 77.1 Å². The molecule has 1 unspecified atom stereocenters. The lowest BCUT2D eigenvalue weighted by Crippen LogP contribution is -2.15. The molecule has 1 heterocycles. The van der Waals surface area contributed by atoms with Crippen LogP contribution >= 0.6 is 0 Å². The van der Waals surface area contributed by atoms with Gasteiger partial charge in [-0.3, -0.25) is 4.98 Å². The summed E-state index contributed by atoms with van der Waals surface area (Å²) in [7, 11) is 0. The Labute approximate surface area is 119 Å². The van der Waals surface area contributed by atoms with Gasteiger partial charge in [0.15, 0.2) is 0 Å². The standard InChI is InChI=1S/C18H18N2/c1-12-6-5-9-15(13(12)2)17(19)18-16-8-4-3-7-14(16)10-11-20-18/h3-11,17H,19H2,1-2H3. The average Bonchev–Trinajstić information content (AvgIpc) is 2.49.